The van der Waals surface area contributed by atoms with Gasteiger partial charge in [0.15, 0.2) is 0 Å². The maximum absolute atomic E-state index is 11.7. The summed E-state index contributed by atoms with van der Waals surface area (Å²) in [6.45, 7) is 1.56. The van der Waals surface area contributed by atoms with E-state index in [1.165, 1.54) is 0 Å². The van der Waals surface area contributed by atoms with Crippen LogP contribution in [0, 0.1) is 0 Å². The predicted octanol–water partition coefficient (Wildman–Crippen LogP) is 1.54. The Kier molecular flexibility index (Phi) is 6.39. The number of hydrogen-bond acceptors (Lipinski definition) is 4. The molecular weight excluding hydrogens is 278 g/mol. The van der Waals surface area contributed by atoms with Gasteiger partial charge in [0.2, 0.25) is 5.91 Å². The molecule has 1 heterocycles. The Morgan fingerprint density at radius 1 is 1.18 bits per heavy atom. The molecule has 5 heteroatoms. The Morgan fingerprint density at radius 2 is 2.00 bits per heavy atom. The molecule has 0 aliphatic rings. The van der Waals surface area contributed by atoms with Gasteiger partial charge >= 0.3 is 0 Å². The minimum atomic E-state index is -0.0168. The Balaban J connectivity index is 1.61. The number of benzene rings is 1. The molecule has 2 rings (SSSR count). The molecule has 0 radical (unpaired) electrons. The van der Waals surface area contributed by atoms with Crippen LogP contribution in [0.2, 0.25) is 0 Å². The van der Waals surface area contributed by atoms with Gasteiger partial charge in [-0.2, -0.15) is 0 Å². The van der Waals surface area contributed by atoms with Crippen LogP contribution in [-0.4, -0.2) is 31.1 Å². The van der Waals surface area contributed by atoms with Gasteiger partial charge in [-0.05, 0) is 29.8 Å². The van der Waals surface area contributed by atoms with Gasteiger partial charge in [0.05, 0.1) is 13.7 Å². The first-order chi connectivity index (χ1) is 10.8. The molecule has 116 valence electrons. The van der Waals surface area contributed by atoms with Crippen molar-refractivity contribution in [3.63, 3.8) is 0 Å². The number of pyridine rings is 1. The second kappa shape index (κ2) is 8.79. The minimum Gasteiger partial charge on any atom is -0.497 e. The van der Waals surface area contributed by atoms with Crippen molar-refractivity contribution in [3.05, 3.63) is 59.9 Å². The lowest BCUT2D eigenvalue weighted by Gasteiger charge is -2.07. The van der Waals surface area contributed by atoms with Gasteiger partial charge in [-0.1, -0.05) is 18.2 Å². The van der Waals surface area contributed by atoms with Gasteiger partial charge in [0.25, 0.3) is 0 Å². The Bertz CT molecular complexity index is 570. The average Bonchev–Trinajstić information content (AvgIpc) is 2.58. The molecule has 0 saturated carbocycles. The van der Waals surface area contributed by atoms with E-state index in [0.29, 0.717) is 13.1 Å². The number of nitrogens with zero attached hydrogens (tertiary/aromatic N) is 1. The molecule has 1 aromatic heterocycles. The Morgan fingerprint density at radius 3 is 2.68 bits per heavy atom. The number of hydrogen-bond donors (Lipinski definition) is 2. The number of aromatic nitrogens is 1. The van der Waals surface area contributed by atoms with Crippen molar-refractivity contribution >= 4 is 5.91 Å². The second-order valence-electron chi connectivity index (χ2n) is 4.87. The van der Waals surface area contributed by atoms with Crippen LogP contribution >= 0.6 is 0 Å². The maximum atomic E-state index is 11.7. The first-order valence-corrected chi connectivity index (χ1v) is 7.28. The molecule has 0 unspecified atom stereocenters. The monoisotopic (exact) mass is 299 g/mol. The highest BCUT2D eigenvalue weighted by Crippen LogP contribution is 2.10. The smallest absolute Gasteiger partial charge is 0.234 e. The summed E-state index contributed by atoms with van der Waals surface area (Å²) in [5, 5.41) is 5.99. The maximum Gasteiger partial charge on any atom is 0.234 e. The topological polar surface area (TPSA) is 63.2 Å². The average molecular weight is 299 g/mol. The third-order valence-electron chi connectivity index (χ3n) is 3.22. The van der Waals surface area contributed by atoms with E-state index in [1.807, 2.05) is 42.5 Å². The van der Waals surface area contributed by atoms with Crippen LogP contribution in [0.1, 0.15) is 11.3 Å². The number of nitrogens with one attached hydrogen (secondary N) is 2. The summed E-state index contributed by atoms with van der Waals surface area (Å²) >= 11 is 0. The standard InChI is InChI=1S/C17H21N3O2/c1-22-16-7-5-14(6-8-16)12-20-17(21)13-18-11-9-15-4-2-3-10-19-15/h2-8,10,18H,9,11-13H2,1H3,(H,20,21). The molecule has 0 bridgehead atoms. The highest BCUT2D eigenvalue weighted by atomic mass is 16.5. The Hall–Kier alpha value is -2.40. The van der Waals surface area contributed by atoms with E-state index in [0.717, 1.165) is 30.0 Å². The summed E-state index contributed by atoms with van der Waals surface area (Å²) in [5.74, 6) is 0.795. The molecule has 1 amide bonds. The molecule has 2 N–H and O–H groups in total. The zero-order chi connectivity index (χ0) is 15.6. The third-order valence-corrected chi connectivity index (χ3v) is 3.22. The van der Waals surface area contributed by atoms with Crippen molar-refractivity contribution < 1.29 is 9.53 Å². The lowest BCUT2D eigenvalue weighted by Crippen LogP contribution is -2.34. The summed E-state index contributed by atoms with van der Waals surface area (Å²) in [7, 11) is 1.63. The lowest BCUT2D eigenvalue weighted by atomic mass is 10.2. The van der Waals surface area contributed by atoms with Crippen molar-refractivity contribution in [1.82, 2.24) is 15.6 Å². The van der Waals surface area contributed by atoms with E-state index in [1.54, 1.807) is 13.3 Å². The first kappa shape index (κ1) is 16.0. The number of methoxy groups -OCH3 is 1. The summed E-state index contributed by atoms with van der Waals surface area (Å²) < 4.78 is 5.09. The van der Waals surface area contributed by atoms with Crippen LogP contribution in [0.5, 0.6) is 5.75 Å². The lowest BCUT2D eigenvalue weighted by molar-refractivity contribution is -0.120. The molecule has 1 aromatic carbocycles. The van der Waals surface area contributed by atoms with E-state index in [4.69, 9.17) is 4.74 Å². The van der Waals surface area contributed by atoms with Crippen LogP contribution in [-0.2, 0) is 17.8 Å². The molecule has 0 aliphatic carbocycles. The van der Waals surface area contributed by atoms with E-state index < -0.39 is 0 Å². The van der Waals surface area contributed by atoms with Crippen molar-refractivity contribution in [2.24, 2.45) is 0 Å². The number of rotatable bonds is 8. The van der Waals surface area contributed by atoms with E-state index in [9.17, 15) is 4.79 Å². The van der Waals surface area contributed by atoms with Gasteiger partial charge in [-0.3, -0.25) is 9.78 Å². The summed E-state index contributed by atoms with van der Waals surface area (Å²) in [6, 6.07) is 13.5. The molecule has 0 aliphatic heterocycles. The number of carbonyl (C=O) groups is 1. The highest BCUT2D eigenvalue weighted by Gasteiger charge is 2.01. The molecule has 22 heavy (non-hydrogen) atoms. The summed E-state index contributed by atoms with van der Waals surface area (Å²) in [4.78, 5) is 16.0. The fourth-order valence-corrected chi connectivity index (χ4v) is 1.97. The molecule has 5 nitrogen and oxygen atoms in total. The summed E-state index contributed by atoms with van der Waals surface area (Å²) in [6.07, 6.45) is 2.59. The number of ether oxygens (including phenoxy) is 1. The van der Waals surface area contributed by atoms with Crippen LogP contribution in [0.15, 0.2) is 48.7 Å². The molecule has 0 spiro atoms. The second-order valence-corrected chi connectivity index (χ2v) is 4.87. The summed E-state index contributed by atoms with van der Waals surface area (Å²) in [5.41, 5.74) is 2.07. The fraction of sp³-hybridized carbons (Fsp3) is 0.294. The number of carbonyl (C=O) groups excluding carboxylic acids is 1. The zero-order valence-electron chi connectivity index (χ0n) is 12.7. The first-order valence-electron chi connectivity index (χ1n) is 7.28. The van der Waals surface area contributed by atoms with Gasteiger partial charge < -0.3 is 15.4 Å². The number of amides is 1. The van der Waals surface area contributed by atoms with Gasteiger partial charge in [0, 0.05) is 31.4 Å². The largest absolute Gasteiger partial charge is 0.497 e. The van der Waals surface area contributed by atoms with Crippen molar-refractivity contribution in [2.75, 3.05) is 20.2 Å². The van der Waals surface area contributed by atoms with Crippen molar-refractivity contribution in [1.29, 1.82) is 0 Å². The molecule has 0 saturated heterocycles. The van der Waals surface area contributed by atoms with Gasteiger partial charge in [-0.25, -0.2) is 0 Å². The molecule has 0 atom stereocenters. The van der Waals surface area contributed by atoms with E-state index in [-0.39, 0.29) is 5.91 Å². The fourth-order valence-electron chi connectivity index (χ4n) is 1.97. The van der Waals surface area contributed by atoms with E-state index in [2.05, 4.69) is 15.6 Å². The van der Waals surface area contributed by atoms with Crippen LogP contribution in [0.25, 0.3) is 0 Å². The Labute approximate surface area is 130 Å². The molecular formula is C17H21N3O2. The molecule has 2 aromatic rings. The van der Waals surface area contributed by atoms with Gasteiger partial charge in [0.1, 0.15) is 5.75 Å². The van der Waals surface area contributed by atoms with Crippen molar-refractivity contribution in [2.45, 2.75) is 13.0 Å². The van der Waals surface area contributed by atoms with Crippen molar-refractivity contribution in [3.8, 4) is 5.75 Å². The zero-order valence-corrected chi connectivity index (χ0v) is 12.7. The van der Waals surface area contributed by atoms with Crippen LogP contribution < -0.4 is 15.4 Å². The molecule has 0 fully saturated rings. The van der Waals surface area contributed by atoms with E-state index >= 15 is 0 Å². The normalized spacial score (nSPS) is 10.2. The van der Waals surface area contributed by atoms with Crippen LogP contribution in [0.4, 0.5) is 0 Å². The minimum absolute atomic E-state index is 0.0168. The predicted molar refractivity (Wildman–Crippen MR) is 85.7 cm³/mol. The quantitative estimate of drug-likeness (QED) is 0.726. The SMILES string of the molecule is COc1ccc(CNC(=O)CNCCc2ccccn2)cc1. The van der Waals surface area contributed by atoms with Crippen LogP contribution in [0.3, 0.4) is 0 Å². The van der Waals surface area contributed by atoms with Gasteiger partial charge in [-0.15, -0.1) is 0 Å². The highest BCUT2D eigenvalue weighted by molar-refractivity contribution is 5.77. The third kappa shape index (κ3) is 5.54.